The van der Waals surface area contributed by atoms with Crippen LogP contribution < -0.4 is 42.8 Å². The maximum absolute atomic E-state index is 6.46. The number of aryl methyl sites for hydroxylation is 2. The summed E-state index contributed by atoms with van der Waals surface area (Å²) in [6.07, 6.45) is 11.7. The van der Waals surface area contributed by atoms with Crippen LogP contribution in [0.5, 0.6) is 34.5 Å². The Labute approximate surface area is 714 Å². The number of aromatic nitrogens is 12. The van der Waals surface area contributed by atoms with E-state index in [0.717, 1.165) is 129 Å². The molecule has 21 aromatic rings. The summed E-state index contributed by atoms with van der Waals surface area (Å²) in [5.41, 5.74) is 19.8. The fourth-order valence-corrected chi connectivity index (χ4v) is 16.0. The molecule has 0 aliphatic rings. The zero-order chi connectivity index (χ0) is 78.7. The van der Waals surface area contributed by atoms with Crippen molar-refractivity contribution >= 4 is 98.5 Å². The third kappa shape index (κ3) is 14.7. The molecule has 9 heterocycles. The van der Waals surface area contributed by atoms with Gasteiger partial charge in [-0.15, -0.1) is 29.7 Å². The first-order chi connectivity index (χ1) is 56.8. The Morgan fingerprint density at radius 2 is 0.797 bits per heavy atom. The van der Waals surface area contributed by atoms with Crippen molar-refractivity contribution in [2.45, 2.75) is 59.3 Å². The SMILES string of the molecule is CC(C)c1ccnc(-n2c3[c-]c(Oc4[c-]c(-n5[cH+]n(C)c6ccccc65)ccc4)ccc3c3ccccc32)c1.CC(C)c1ccnc(-n2c3ccccc3c3ccc(Oc4cccc(-n5c[n+](C)c6ccccc65)c4)cc32)c1.CC(C)c1ccnc(-n2c3ccccc3c3ccc(Oc4cccc(-n5cnc6ccccc65)c4)cc32)c1.[I-].[Pt]. The molecule has 0 saturated carbocycles. The molecule has 0 fully saturated rings. The normalized spacial score (nSPS) is 11.5. The Balaban J connectivity index is 0.000000126. The summed E-state index contributed by atoms with van der Waals surface area (Å²) in [6.45, 7) is 13.2. The molecule has 0 amide bonds. The van der Waals surface area contributed by atoms with Gasteiger partial charge in [0.15, 0.2) is 28.4 Å². The molecule has 0 saturated heterocycles. The van der Waals surface area contributed by atoms with Gasteiger partial charge in [0.1, 0.15) is 52.5 Å². The van der Waals surface area contributed by atoms with Gasteiger partial charge in [0.25, 0.3) is 0 Å². The van der Waals surface area contributed by atoms with Crippen LogP contribution in [0.2, 0.25) is 0 Å². The summed E-state index contributed by atoms with van der Waals surface area (Å²) in [6, 6.07) is 109. The first-order valence-electron chi connectivity index (χ1n) is 39.3. The number of ether oxygens (including phenoxy) is 3. The molecule has 0 radical (unpaired) electrons. The van der Waals surface area contributed by atoms with Gasteiger partial charge in [-0.25, -0.2) is 33.6 Å². The fraction of sp³-hybridized carbons (Fsp3) is 0.109. The van der Waals surface area contributed by atoms with E-state index in [2.05, 4.69) is 327 Å². The molecule has 21 rings (SSSR count). The van der Waals surface area contributed by atoms with Crippen LogP contribution in [0.15, 0.2) is 335 Å². The van der Waals surface area contributed by atoms with Crippen molar-refractivity contribution in [3.63, 3.8) is 0 Å². The minimum Gasteiger partial charge on any atom is -1.00 e. The van der Waals surface area contributed by atoms with Crippen LogP contribution in [0.1, 0.15) is 76.0 Å². The molecule has 0 aliphatic carbocycles. The van der Waals surface area contributed by atoms with Crippen LogP contribution in [0.4, 0.5) is 0 Å². The Morgan fingerprint density at radius 1 is 0.356 bits per heavy atom. The van der Waals surface area contributed by atoms with Gasteiger partial charge in [-0.2, -0.15) is 16.7 Å². The third-order valence-electron chi connectivity index (χ3n) is 21.8. The van der Waals surface area contributed by atoms with E-state index in [1.807, 2.05) is 117 Å². The van der Waals surface area contributed by atoms with Crippen LogP contribution >= 0.6 is 0 Å². The van der Waals surface area contributed by atoms with Gasteiger partial charge in [-0.05, 0) is 179 Å². The number of hydrogen-bond acceptors (Lipinski definition) is 7. The summed E-state index contributed by atoms with van der Waals surface area (Å²) in [5, 5.41) is 7.01. The van der Waals surface area contributed by atoms with E-state index in [-0.39, 0.29) is 45.0 Å². The van der Waals surface area contributed by atoms with Crippen LogP contribution in [-0.4, -0.2) is 51.9 Å². The molecule has 0 unspecified atom stereocenters. The second kappa shape index (κ2) is 32.8. The monoisotopic (exact) mass is 1830 g/mol. The Hall–Kier alpha value is -13.3. The molecule has 0 aliphatic heterocycles. The van der Waals surface area contributed by atoms with Gasteiger partial charge in [0.2, 0.25) is 6.33 Å². The standard InChI is InChI=1S/C34H29N4O.C34H27N4O.C33H26N4O.HI.Pt/c2*1-23(2)24-17-18-35-34(19-24)38-30-12-5-4-11-28(30)29-16-15-27(21-33(29)38)39-26-10-8-9-25(20-26)37-22-36(3)31-13-6-7-14-32(31)37;1-22(2)23-16-17-34-33(18-23)37-30-12-5-3-10-27(30)28-15-14-26(20-32(28)37)38-25-9-7-8-24(19-25)36-21-35-29-11-4-6-13-31(29)36;;/h4-23H,1-3H3;4-19,22-23H,1-3H3;3-22H,1-2H3;1H;/q+1;-1;;;/p-1. The van der Waals surface area contributed by atoms with Crippen LogP contribution in [-0.2, 0) is 35.2 Å². The number of pyridine rings is 3. The molecule has 0 N–H and O–H groups in total. The van der Waals surface area contributed by atoms with Crippen molar-refractivity contribution in [1.82, 2.24) is 51.9 Å². The van der Waals surface area contributed by atoms with E-state index < -0.39 is 0 Å². The quantitative estimate of drug-likeness (QED) is 0.0570. The molecule has 582 valence electrons. The average molecular weight is 1830 g/mol. The van der Waals surface area contributed by atoms with E-state index in [9.17, 15) is 0 Å². The average Bonchev–Trinajstić information content (AvgIpc) is 1.60. The van der Waals surface area contributed by atoms with E-state index in [0.29, 0.717) is 29.3 Å². The van der Waals surface area contributed by atoms with Crippen LogP contribution in [0, 0.1) is 12.1 Å². The molecular formula is C101H82IN12O3Pt-. The van der Waals surface area contributed by atoms with Crippen molar-refractivity contribution in [1.29, 1.82) is 0 Å². The van der Waals surface area contributed by atoms with E-state index in [4.69, 9.17) is 29.2 Å². The Morgan fingerprint density at radius 3 is 1.36 bits per heavy atom. The summed E-state index contributed by atoms with van der Waals surface area (Å²) in [5.74, 6) is 8.32. The second-order valence-corrected chi connectivity index (χ2v) is 30.3. The van der Waals surface area contributed by atoms with Gasteiger partial charge in [-0.3, -0.25) is 13.7 Å². The summed E-state index contributed by atoms with van der Waals surface area (Å²) < 4.78 is 36.5. The summed E-state index contributed by atoms with van der Waals surface area (Å²) in [7, 11) is 4.12. The number of para-hydroxylation sites is 9. The molecular weight excluding hydrogens is 1750 g/mol. The molecule has 12 aromatic carbocycles. The van der Waals surface area contributed by atoms with Crippen molar-refractivity contribution in [3.8, 4) is 69.0 Å². The fourth-order valence-electron chi connectivity index (χ4n) is 16.0. The zero-order valence-electron chi connectivity index (χ0n) is 66.3. The Bertz CT molecular complexity index is 7040. The van der Waals surface area contributed by atoms with Crippen LogP contribution in [0.3, 0.4) is 0 Å². The molecule has 15 nitrogen and oxygen atoms in total. The smallest absolute Gasteiger partial charge is 0.249 e. The van der Waals surface area contributed by atoms with Crippen molar-refractivity contribution in [3.05, 3.63) is 364 Å². The van der Waals surface area contributed by atoms with Crippen molar-refractivity contribution in [2.75, 3.05) is 0 Å². The van der Waals surface area contributed by atoms with Gasteiger partial charge >= 0.3 is 0 Å². The molecule has 0 bridgehead atoms. The second-order valence-electron chi connectivity index (χ2n) is 30.3. The number of halogens is 1. The number of fused-ring (bicyclic) bond motifs is 12. The number of imidazole rings is 3. The van der Waals surface area contributed by atoms with Gasteiger partial charge in [0, 0.05) is 127 Å². The summed E-state index contributed by atoms with van der Waals surface area (Å²) >= 11 is 0. The van der Waals surface area contributed by atoms with Crippen LogP contribution in [0.25, 0.3) is 133 Å². The number of nitrogens with zero attached hydrogens (tertiary/aromatic N) is 12. The zero-order valence-corrected chi connectivity index (χ0v) is 70.7. The topological polar surface area (TPSA) is 118 Å². The van der Waals surface area contributed by atoms with E-state index >= 15 is 0 Å². The minimum absolute atomic E-state index is 0. The molecule has 9 aromatic heterocycles. The molecule has 17 heteroatoms. The predicted molar refractivity (Wildman–Crippen MR) is 468 cm³/mol. The first-order valence-corrected chi connectivity index (χ1v) is 39.3. The number of hydrogen-bond donors (Lipinski definition) is 0. The molecule has 118 heavy (non-hydrogen) atoms. The van der Waals surface area contributed by atoms with E-state index in [1.54, 1.807) is 0 Å². The first kappa shape index (κ1) is 77.3. The van der Waals surface area contributed by atoms with E-state index in [1.165, 1.54) is 43.8 Å². The minimum atomic E-state index is 0. The van der Waals surface area contributed by atoms with Gasteiger partial charge in [0.05, 0.1) is 45.8 Å². The Kier molecular flexibility index (Phi) is 21.5. The number of rotatable bonds is 15. The van der Waals surface area contributed by atoms with Crippen molar-refractivity contribution in [2.24, 2.45) is 14.1 Å². The largest absolute Gasteiger partial charge is 1.00 e. The predicted octanol–water partition coefficient (Wildman–Crippen LogP) is 21.6. The number of benzene rings is 12. The molecule has 0 spiro atoms. The maximum atomic E-state index is 6.46. The van der Waals surface area contributed by atoms with Gasteiger partial charge in [-0.1, -0.05) is 144 Å². The molecule has 0 atom stereocenters. The third-order valence-corrected chi connectivity index (χ3v) is 21.8. The summed E-state index contributed by atoms with van der Waals surface area (Å²) in [4.78, 5) is 18.8. The maximum Gasteiger partial charge on any atom is 0.249 e. The van der Waals surface area contributed by atoms with Crippen molar-refractivity contribution < 1.29 is 63.8 Å². The van der Waals surface area contributed by atoms with Gasteiger partial charge < -0.3 is 42.8 Å².